The zero-order chi connectivity index (χ0) is 14.6. The number of hydrogen-bond donors (Lipinski definition) is 1. The lowest BCUT2D eigenvalue weighted by Gasteiger charge is -2.19. The largest absolute Gasteiger partial charge is 0.481 e. The van der Waals surface area contributed by atoms with Crippen molar-refractivity contribution in [2.45, 2.75) is 31.5 Å². The summed E-state index contributed by atoms with van der Waals surface area (Å²) in [6.45, 7) is 5.42. The van der Waals surface area contributed by atoms with E-state index in [0.29, 0.717) is 5.75 Å². The van der Waals surface area contributed by atoms with Gasteiger partial charge in [-0.2, -0.15) is 0 Å². The Labute approximate surface area is 120 Å². The summed E-state index contributed by atoms with van der Waals surface area (Å²) in [6, 6.07) is 0. The second kappa shape index (κ2) is 6.38. The summed E-state index contributed by atoms with van der Waals surface area (Å²) < 4.78 is 5.52. The minimum absolute atomic E-state index is 0.00947. The van der Waals surface area contributed by atoms with Crippen molar-refractivity contribution in [3.05, 3.63) is 10.6 Å². The molecule has 7 heteroatoms. The fourth-order valence-electron chi connectivity index (χ4n) is 1.34. The number of carbonyl (C=O) groups is 2. The zero-order valence-corrected chi connectivity index (χ0v) is 13.0. The van der Waals surface area contributed by atoms with E-state index in [4.69, 9.17) is 9.84 Å². The summed E-state index contributed by atoms with van der Waals surface area (Å²) >= 11 is 2.81. The van der Waals surface area contributed by atoms with Gasteiger partial charge in [0.15, 0.2) is 0 Å². The number of hydrogen-bond acceptors (Lipinski definition) is 6. The average Bonchev–Trinajstić information content (AvgIpc) is 2.66. The first kappa shape index (κ1) is 16.0. The van der Waals surface area contributed by atoms with Crippen LogP contribution >= 0.6 is 23.1 Å². The lowest BCUT2D eigenvalue weighted by molar-refractivity contribution is -0.149. The highest BCUT2D eigenvalue weighted by molar-refractivity contribution is 8.01. The van der Waals surface area contributed by atoms with Gasteiger partial charge >= 0.3 is 11.9 Å². The van der Waals surface area contributed by atoms with Crippen molar-refractivity contribution >= 4 is 35.0 Å². The van der Waals surface area contributed by atoms with Crippen molar-refractivity contribution in [2.75, 3.05) is 12.9 Å². The molecule has 0 aliphatic rings. The predicted octanol–water partition coefficient (Wildman–Crippen LogP) is 2.37. The minimum atomic E-state index is -0.863. The Morgan fingerprint density at radius 1 is 1.47 bits per heavy atom. The lowest BCUT2D eigenvalue weighted by atomic mass is 9.97. The van der Waals surface area contributed by atoms with Gasteiger partial charge in [-0.05, 0) is 20.8 Å². The van der Waals surface area contributed by atoms with Crippen LogP contribution in [0.2, 0.25) is 0 Å². The summed E-state index contributed by atoms with van der Waals surface area (Å²) in [4.78, 5) is 27.3. The molecule has 0 amide bonds. The maximum Gasteiger partial charge on any atom is 0.312 e. The first-order valence-corrected chi connectivity index (χ1v) is 7.46. The molecule has 5 nitrogen and oxygen atoms in total. The van der Waals surface area contributed by atoms with Crippen molar-refractivity contribution < 1.29 is 19.4 Å². The molecule has 0 fully saturated rings. The lowest BCUT2D eigenvalue weighted by Crippen LogP contribution is -2.28. The van der Waals surface area contributed by atoms with Crippen LogP contribution in [0.5, 0.6) is 0 Å². The number of esters is 1. The van der Waals surface area contributed by atoms with Crippen LogP contribution in [-0.2, 0) is 20.7 Å². The van der Waals surface area contributed by atoms with Gasteiger partial charge in [0, 0.05) is 10.6 Å². The summed E-state index contributed by atoms with van der Waals surface area (Å²) in [5.41, 5.74) is 0.150. The third-order valence-electron chi connectivity index (χ3n) is 2.48. The van der Waals surface area contributed by atoms with Crippen LogP contribution < -0.4 is 0 Å². The molecular weight excluding hydrogens is 286 g/mol. The number of ether oxygens (including phenoxy) is 1. The Balaban J connectivity index is 2.68. The Hall–Kier alpha value is -1.08. The van der Waals surface area contributed by atoms with Gasteiger partial charge in [0.05, 0.1) is 24.6 Å². The van der Waals surface area contributed by atoms with E-state index in [1.54, 1.807) is 6.92 Å². The third kappa shape index (κ3) is 4.50. The second-order valence-electron chi connectivity index (χ2n) is 4.72. The van der Waals surface area contributed by atoms with E-state index in [2.05, 4.69) is 4.98 Å². The number of aliphatic carboxylic acids is 1. The molecule has 0 atom stereocenters. The molecule has 0 bridgehead atoms. The van der Waals surface area contributed by atoms with Crippen molar-refractivity contribution in [2.24, 2.45) is 5.41 Å². The van der Waals surface area contributed by atoms with Crippen molar-refractivity contribution in [1.29, 1.82) is 0 Å². The molecule has 106 valence electrons. The van der Waals surface area contributed by atoms with Crippen LogP contribution in [0, 0.1) is 12.3 Å². The predicted molar refractivity (Wildman–Crippen MR) is 74.7 cm³/mol. The molecule has 0 aliphatic carbocycles. The topological polar surface area (TPSA) is 76.5 Å². The van der Waals surface area contributed by atoms with Crippen LogP contribution in [0.3, 0.4) is 0 Å². The molecule has 0 aromatic carbocycles. The molecule has 1 heterocycles. The Morgan fingerprint density at radius 3 is 2.63 bits per heavy atom. The van der Waals surface area contributed by atoms with Gasteiger partial charge < -0.3 is 9.84 Å². The molecule has 1 aromatic rings. The van der Waals surface area contributed by atoms with Gasteiger partial charge in [0.2, 0.25) is 0 Å². The van der Waals surface area contributed by atoms with Crippen LogP contribution in [0.4, 0.5) is 0 Å². The molecule has 1 aromatic heterocycles. The number of thiazole rings is 1. The molecule has 0 unspecified atom stereocenters. The number of aryl methyl sites for hydroxylation is 1. The van der Waals surface area contributed by atoms with Gasteiger partial charge in [-0.15, -0.1) is 11.3 Å². The number of aromatic nitrogens is 1. The van der Waals surface area contributed by atoms with Crippen LogP contribution in [0.25, 0.3) is 0 Å². The Bertz CT molecular complexity index is 482. The summed E-state index contributed by atoms with van der Waals surface area (Å²) in [5.74, 6) is -0.587. The SMILES string of the molecule is COC(=O)C(C)(C)CSc1nc(C)c(CC(=O)O)s1. The second-order valence-corrected chi connectivity index (χ2v) is 7.03. The molecule has 0 saturated heterocycles. The zero-order valence-electron chi connectivity index (χ0n) is 11.3. The van der Waals surface area contributed by atoms with E-state index in [1.165, 1.54) is 30.2 Å². The standard InChI is InChI=1S/C12H17NO4S2/c1-7-8(5-9(14)15)19-11(13-7)18-6-12(2,3)10(16)17-4/h5-6H2,1-4H3,(H,14,15). The quantitative estimate of drug-likeness (QED) is 0.642. The highest BCUT2D eigenvalue weighted by atomic mass is 32.2. The Morgan fingerprint density at radius 2 is 2.11 bits per heavy atom. The molecule has 0 aliphatic heterocycles. The Kier molecular flexibility index (Phi) is 5.37. The van der Waals surface area contributed by atoms with Crippen molar-refractivity contribution in [1.82, 2.24) is 4.98 Å². The highest BCUT2D eigenvalue weighted by Gasteiger charge is 2.29. The van der Waals surface area contributed by atoms with Crippen molar-refractivity contribution in [3.63, 3.8) is 0 Å². The molecule has 1 rings (SSSR count). The van der Waals surface area contributed by atoms with Crippen LogP contribution in [-0.4, -0.2) is 34.9 Å². The molecule has 1 N–H and O–H groups in total. The van der Waals surface area contributed by atoms with E-state index >= 15 is 0 Å². The first-order valence-electron chi connectivity index (χ1n) is 5.65. The number of rotatable bonds is 6. The summed E-state index contributed by atoms with van der Waals surface area (Å²) in [6.07, 6.45) is -0.00947. The third-order valence-corrected chi connectivity index (χ3v) is 5.24. The molecule has 0 radical (unpaired) electrons. The molecule has 0 spiro atoms. The molecule has 19 heavy (non-hydrogen) atoms. The number of nitrogens with zero attached hydrogens (tertiary/aromatic N) is 1. The maximum absolute atomic E-state index is 11.5. The fourth-order valence-corrected chi connectivity index (χ4v) is 3.64. The monoisotopic (exact) mass is 303 g/mol. The minimum Gasteiger partial charge on any atom is -0.481 e. The first-order chi connectivity index (χ1) is 8.76. The summed E-state index contributed by atoms with van der Waals surface area (Å²) in [5, 5.41) is 8.78. The molecule has 0 saturated carbocycles. The van der Waals surface area contributed by atoms with Crippen molar-refractivity contribution in [3.8, 4) is 0 Å². The van der Waals surface area contributed by atoms with Gasteiger partial charge in [-0.3, -0.25) is 9.59 Å². The number of carboxylic acid groups (broad SMARTS) is 1. The van der Waals surface area contributed by atoms with E-state index in [0.717, 1.165) is 14.9 Å². The number of carbonyl (C=O) groups excluding carboxylic acids is 1. The van der Waals surface area contributed by atoms with E-state index < -0.39 is 11.4 Å². The number of thioether (sulfide) groups is 1. The van der Waals surface area contributed by atoms with Gasteiger partial charge in [0.1, 0.15) is 4.34 Å². The fraction of sp³-hybridized carbons (Fsp3) is 0.583. The summed E-state index contributed by atoms with van der Waals surface area (Å²) in [7, 11) is 1.37. The van der Waals surface area contributed by atoms with Gasteiger partial charge in [0.25, 0.3) is 0 Å². The normalized spacial score (nSPS) is 11.4. The van der Waals surface area contributed by atoms with E-state index in [9.17, 15) is 9.59 Å². The van der Waals surface area contributed by atoms with E-state index in [1.807, 2.05) is 13.8 Å². The highest BCUT2D eigenvalue weighted by Crippen LogP contribution is 2.32. The van der Waals surface area contributed by atoms with Gasteiger partial charge in [-0.1, -0.05) is 11.8 Å². The van der Waals surface area contributed by atoms with Crippen LogP contribution in [0.15, 0.2) is 4.34 Å². The number of carboxylic acids is 1. The maximum atomic E-state index is 11.5. The molecular formula is C12H17NO4S2. The van der Waals surface area contributed by atoms with E-state index in [-0.39, 0.29) is 12.4 Å². The van der Waals surface area contributed by atoms with Gasteiger partial charge in [-0.25, -0.2) is 4.98 Å². The smallest absolute Gasteiger partial charge is 0.312 e. The van der Waals surface area contributed by atoms with Crippen LogP contribution in [0.1, 0.15) is 24.4 Å². The number of methoxy groups -OCH3 is 1. The average molecular weight is 303 g/mol.